The number of aliphatic hydroxyl groups excluding tert-OH is 1. The number of carbonyl (C=O) groups is 1. The van der Waals surface area contributed by atoms with Gasteiger partial charge in [0.05, 0.1) is 17.8 Å². The maximum absolute atomic E-state index is 14.2. The van der Waals surface area contributed by atoms with Crippen molar-refractivity contribution in [1.29, 1.82) is 0 Å². The lowest BCUT2D eigenvalue weighted by molar-refractivity contribution is -0.134. The van der Waals surface area contributed by atoms with Crippen LogP contribution in [0.4, 0.5) is 4.39 Å². The van der Waals surface area contributed by atoms with Crippen molar-refractivity contribution >= 4 is 11.7 Å². The molecule has 2 aliphatic rings. The fourth-order valence-electron chi connectivity index (χ4n) is 5.30. The number of amides is 1. The summed E-state index contributed by atoms with van der Waals surface area (Å²) in [5, 5.41) is 14.7. The van der Waals surface area contributed by atoms with Gasteiger partial charge in [0.25, 0.3) is 0 Å². The Kier molecular flexibility index (Phi) is 7.31. The molecule has 39 heavy (non-hydrogen) atoms. The van der Waals surface area contributed by atoms with Crippen LogP contribution >= 0.6 is 0 Å². The molecule has 1 saturated heterocycles. The second-order valence-electron chi connectivity index (χ2n) is 11.2. The monoisotopic (exact) mass is 534 g/mol. The van der Waals surface area contributed by atoms with E-state index in [0.29, 0.717) is 23.6 Å². The molecule has 1 fully saturated rings. The molecule has 1 aromatic heterocycles. The minimum Gasteiger partial charge on any atom is -0.391 e. The van der Waals surface area contributed by atoms with Crippen LogP contribution in [0.2, 0.25) is 0 Å². The van der Waals surface area contributed by atoms with E-state index in [1.807, 2.05) is 65.0 Å². The molecule has 0 saturated carbocycles. The van der Waals surface area contributed by atoms with Gasteiger partial charge in [0.1, 0.15) is 23.3 Å². The third kappa shape index (κ3) is 5.21. The lowest BCUT2D eigenvalue weighted by atomic mass is 9.90. The summed E-state index contributed by atoms with van der Waals surface area (Å²) in [5.41, 5.74) is 4.70. The average Bonchev–Trinajstić information content (AvgIpc) is 3.63. The number of carbonyl (C=O) groups excluding carboxylic acids is 1. The highest BCUT2D eigenvalue weighted by Crippen LogP contribution is 2.36. The molecule has 2 unspecified atom stereocenters. The molecule has 0 aliphatic carbocycles. The lowest BCUT2D eigenvalue weighted by Crippen LogP contribution is -2.46. The smallest absolute Gasteiger partial charge is 0.234 e. The third-order valence-electron chi connectivity index (χ3n) is 7.55. The summed E-state index contributed by atoms with van der Waals surface area (Å²) in [6.45, 7) is 9.99. The number of nitrogens with zero attached hydrogens (tertiary/aromatic N) is 3. The second-order valence-corrected chi connectivity index (χ2v) is 11.2. The molecule has 0 radical (unpaired) electrons. The normalized spacial score (nSPS) is 23.8. The molecule has 5 rings (SSSR count). The number of amidine groups is 1. The molecule has 9 heteroatoms. The lowest BCUT2D eigenvalue weighted by Gasteiger charge is -2.29. The molecule has 4 atom stereocenters. The van der Waals surface area contributed by atoms with Gasteiger partial charge in [0.15, 0.2) is 0 Å². The standard InChI is InChI=1S/C30H35FN4O4/c1-17(2)24-15-26(38-33-24)27(18(3)4)29(37)35-16-21(36)14-25(35)28-32-30(5,39-34-28)20-12-10-19(11-13-20)22-8-6-7-9-23(22)31/h6-13,15,17-18,21,25,27,36H,14,16H2,1-5H3,(H,32,34)/t21-,25?,27-,30?/m1/s1. The van der Waals surface area contributed by atoms with Crippen molar-refractivity contribution in [3.8, 4) is 11.1 Å². The fourth-order valence-corrected chi connectivity index (χ4v) is 5.30. The van der Waals surface area contributed by atoms with Gasteiger partial charge >= 0.3 is 0 Å². The van der Waals surface area contributed by atoms with E-state index < -0.39 is 23.8 Å². The van der Waals surface area contributed by atoms with E-state index in [9.17, 15) is 14.3 Å². The summed E-state index contributed by atoms with van der Waals surface area (Å²) < 4.78 is 19.8. The minimum atomic E-state index is -1.06. The number of hydrogen-bond donors (Lipinski definition) is 2. The summed E-state index contributed by atoms with van der Waals surface area (Å²) in [6, 6.07) is 15.4. The highest BCUT2D eigenvalue weighted by atomic mass is 19.1. The molecule has 0 bridgehead atoms. The van der Waals surface area contributed by atoms with Gasteiger partial charge in [-0.05, 0) is 30.4 Å². The van der Waals surface area contributed by atoms with Crippen molar-refractivity contribution in [3.05, 3.63) is 77.4 Å². The van der Waals surface area contributed by atoms with Crippen LogP contribution in [0, 0.1) is 11.7 Å². The number of rotatable bonds is 7. The van der Waals surface area contributed by atoms with Gasteiger partial charge in [-0.15, -0.1) is 0 Å². The van der Waals surface area contributed by atoms with Gasteiger partial charge in [0, 0.05) is 30.2 Å². The molecule has 8 nitrogen and oxygen atoms in total. The molecule has 3 aromatic rings. The molecule has 2 aliphatic heterocycles. The van der Waals surface area contributed by atoms with Gasteiger partial charge in [-0.3, -0.25) is 4.79 Å². The predicted octanol–water partition coefficient (Wildman–Crippen LogP) is 5.11. The number of halogens is 1. The molecule has 2 N–H and O–H groups in total. The SMILES string of the molecule is CC(C)c1cc([C@H](C(=O)N2C[C@H](O)CC2C2=NC(C)(c3ccc(-c4ccccc4F)cc3)ON2)C(C)C)on1. The van der Waals surface area contributed by atoms with Crippen molar-refractivity contribution in [2.75, 3.05) is 6.54 Å². The Morgan fingerprint density at radius 2 is 1.87 bits per heavy atom. The molecule has 206 valence electrons. The van der Waals surface area contributed by atoms with Gasteiger partial charge in [0.2, 0.25) is 11.6 Å². The number of likely N-dealkylation sites (tertiary alicyclic amines) is 1. The first-order valence-electron chi connectivity index (χ1n) is 13.4. The van der Waals surface area contributed by atoms with Crippen molar-refractivity contribution in [1.82, 2.24) is 15.5 Å². The van der Waals surface area contributed by atoms with Crippen LogP contribution in [-0.4, -0.2) is 45.6 Å². The molecule has 3 heterocycles. The molecular weight excluding hydrogens is 499 g/mol. The maximum Gasteiger partial charge on any atom is 0.234 e. The van der Waals surface area contributed by atoms with Crippen molar-refractivity contribution < 1.29 is 23.7 Å². The number of hydroxylamine groups is 1. The zero-order chi connectivity index (χ0) is 27.9. The van der Waals surface area contributed by atoms with Crippen LogP contribution in [0.5, 0.6) is 0 Å². The van der Waals surface area contributed by atoms with Crippen LogP contribution in [0.25, 0.3) is 11.1 Å². The van der Waals surface area contributed by atoms with E-state index in [-0.39, 0.29) is 30.1 Å². The molecule has 1 amide bonds. The first kappa shape index (κ1) is 27.0. The van der Waals surface area contributed by atoms with Crippen LogP contribution in [0.1, 0.15) is 69.9 Å². The van der Waals surface area contributed by atoms with Crippen molar-refractivity contribution in [2.45, 2.75) is 70.7 Å². The van der Waals surface area contributed by atoms with E-state index in [0.717, 1.165) is 16.8 Å². The predicted molar refractivity (Wildman–Crippen MR) is 145 cm³/mol. The summed E-state index contributed by atoms with van der Waals surface area (Å²) in [7, 11) is 0. The maximum atomic E-state index is 14.2. The number of benzene rings is 2. The van der Waals surface area contributed by atoms with Crippen LogP contribution in [-0.2, 0) is 15.4 Å². The van der Waals surface area contributed by atoms with Crippen molar-refractivity contribution in [3.63, 3.8) is 0 Å². The summed E-state index contributed by atoms with van der Waals surface area (Å²) >= 11 is 0. The topological polar surface area (TPSA) is 100 Å². The summed E-state index contributed by atoms with van der Waals surface area (Å²) in [6.07, 6.45) is -0.356. The van der Waals surface area contributed by atoms with E-state index in [1.165, 1.54) is 6.07 Å². The van der Waals surface area contributed by atoms with Crippen LogP contribution in [0.3, 0.4) is 0 Å². The number of nitrogens with one attached hydrogen (secondary N) is 1. The van der Waals surface area contributed by atoms with Gasteiger partial charge < -0.3 is 14.5 Å². The average molecular weight is 535 g/mol. The van der Waals surface area contributed by atoms with Gasteiger partial charge in [-0.1, -0.05) is 75.3 Å². The Bertz CT molecular complexity index is 1370. The zero-order valence-corrected chi connectivity index (χ0v) is 22.9. The summed E-state index contributed by atoms with van der Waals surface area (Å²) in [5.74, 6) is 0.157. The number of aliphatic imine (C=N–C) groups is 1. The fraction of sp³-hybridized carbons (Fsp3) is 0.433. The Labute approximate surface area is 227 Å². The second kappa shape index (κ2) is 10.5. The molecule has 0 spiro atoms. The first-order valence-corrected chi connectivity index (χ1v) is 13.4. The largest absolute Gasteiger partial charge is 0.391 e. The number of aromatic nitrogens is 1. The van der Waals surface area contributed by atoms with Crippen LogP contribution < -0.4 is 5.48 Å². The van der Waals surface area contributed by atoms with E-state index in [2.05, 4.69) is 10.6 Å². The third-order valence-corrected chi connectivity index (χ3v) is 7.55. The number of β-amino-alcohol motifs (C(OH)–C–C–N with tert-alkyl or cyclic N) is 1. The highest BCUT2D eigenvalue weighted by Gasteiger charge is 2.45. The van der Waals surface area contributed by atoms with E-state index in [1.54, 1.807) is 23.1 Å². The molecular formula is C30H35FN4O4. The highest BCUT2D eigenvalue weighted by molar-refractivity contribution is 5.94. The van der Waals surface area contributed by atoms with Gasteiger partial charge in [-0.25, -0.2) is 19.7 Å². The Hall–Kier alpha value is -3.56. The first-order chi connectivity index (χ1) is 18.6. The Balaban J connectivity index is 1.39. The summed E-state index contributed by atoms with van der Waals surface area (Å²) in [4.78, 5) is 26.3. The Morgan fingerprint density at radius 3 is 2.51 bits per heavy atom. The Morgan fingerprint density at radius 1 is 1.15 bits per heavy atom. The number of hydrogen-bond acceptors (Lipinski definition) is 7. The number of aliphatic hydroxyl groups is 1. The van der Waals surface area contributed by atoms with Gasteiger partial charge in [-0.2, -0.15) is 0 Å². The quantitative estimate of drug-likeness (QED) is 0.437. The van der Waals surface area contributed by atoms with Crippen LogP contribution in [0.15, 0.2) is 64.1 Å². The van der Waals surface area contributed by atoms with E-state index >= 15 is 0 Å². The van der Waals surface area contributed by atoms with Crippen molar-refractivity contribution in [2.24, 2.45) is 10.9 Å². The minimum absolute atomic E-state index is 0.0446. The zero-order valence-electron chi connectivity index (χ0n) is 22.9. The van der Waals surface area contributed by atoms with E-state index in [4.69, 9.17) is 14.4 Å². The molecule has 2 aromatic carbocycles.